The number of hydrogen-bond donors (Lipinski definition) is 0. The molecule has 0 spiro atoms. The number of carbonyl (C=O) groups excluding carboxylic acids is 1. The van der Waals surface area contributed by atoms with Gasteiger partial charge in [-0.25, -0.2) is 4.98 Å². The smallest absolute Gasteiger partial charge is 0.250 e. The van der Waals surface area contributed by atoms with Crippen molar-refractivity contribution < 1.29 is 4.79 Å². The summed E-state index contributed by atoms with van der Waals surface area (Å²) >= 11 is 0. The van der Waals surface area contributed by atoms with Gasteiger partial charge in [-0.1, -0.05) is 5.21 Å². The first kappa shape index (κ1) is 9.57. The molecule has 0 fully saturated rings. The van der Waals surface area contributed by atoms with Gasteiger partial charge in [0, 0.05) is 26.0 Å². The highest BCUT2D eigenvalue weighted by Gasteiger charge is 2.17. The molecule has 0 aliphatic heterocycles. The van der Waals surface area contributed by atoms with Crippen LogP contribution < -0.4 is 0 Å². The summed E-state index contributed by atoms with van der Waals surface area (Å²) in [4.78, 5) is 15.9. The molecule has 0 saturated carbocycles. The van der Waals surface area contributed by atoms with E-state index in [9.17, 15) is 4.79 Å². The number of imidazole rings is 1. The van der Waals surface area contributed by atoms with Crippen LogP contribution in [0, 0.1) is 0 Å². The average Bonchev–Trinajstić information content (AvgIpc) is 2.84. The lowest BCUT2D eigenvalue weighted by Crippen LogP contribution is -2.10. The fraction of sp³-hybridized carbons (Fsp3) is 0.333. The normalized spacial score (nSPS) is 10.5. The van der Waals surface area contributed by atoms with Crippen LogP contribution in [0.3, 0.4) is 0 Å². The molecule has 0 radical (unpaired) electrons. The van der Waals surface area contributed by atoms with E-state index in [0.29, 0.717) is 18.1 Å². The molecule has 2 aromatic heterocycles. The van der Waals surface area contributed by atoms with Gasteiger partial charge in [-0.3, -0.25) is 9.48 Å². The second kappa shape index (κ2) is 3.64. The molecule has 0 aliphatic rings. The first-order chi connectivity index (χ1) is 7.22. The van der Waals surface area contributed by atoms with Crippen LogP contribution >= 0.6 is 0 Å². The second-order valence-corrected chi connectivity index (χ2v) is 3.14. The van der Waals surface area contributed by atoms with E-state index in [1.54, 1.807) is 30.2 Å². The standard InChI is InChI=1S/C9H11N5O/c1-3-14-5-4-10-9(14)8(15)7-6-13(2)12-11-7/h4-6H,3H2,1-2H3. The number of carbonyl (C=O) groups is 1. The summed E-state index contributed by atoms with van der Waals surface area (Å²) in [5.74, 6) is 0.202. The van der Waals surface area contributed by atoms with Crippen molar-refractivity contribution in [3.05, 3.63) is 30.1 Å². The van der Waals surface area contributed by atoms with Gasteiger partial charge in [-0.15, -0.1) is 5.10 Å². The predicted octanol–water partition coefficient (Wildman–Crippen LogP) is 0.262. The fourth-order valence-corrected chi connectivity index (χ4v) is 1.34. The van der Waals surface area contributed by atoms with E-state index in [-0.39, 0.29) is 5.78 Å². The van der Waals surface area contributed by atoms with E-state index in [2.05, 4.69) is 15.3 Å². The maximum atomic E-state index is 11.9. The Hall–Kier alpha value is -1.98. The zero-order chi connectivity index (χ0) is 10.8. The second-order valence-electron chi connectivity index (χ2n) is 3.14. The van der Waals surface area contributed by atoms with Crippen LogP contribution in [0.15, 0.2) is 18.6 Å². The highest BCUT2D eigenvalue weighted by Crippen LogP contribution is 2.04. The number of aromatic nitrogens is 5. The van der Waals surface area contributed by atoms with Crippen molar-refractivity contribution >= 4 is 5.78 Å². The predicted molar refractivity (Wildman–Crippen MR) is 52.3 cm³/mol. The molecule has 78 valence electrons. The van der Waals surface area contributed by atoms with Gasteiger partial charge in [0.05, 0.1) is 6.20 Å². The number of ketones is 1. The molecular formula is C9H11N5O. The molecule has 0 amide bonds. The Bertz CT molecular complexity index is 484. The molecule has 15 heavy (non-hydrogen) atoms. The summed E-state index contributed by atoms with van der Waals surface area (Å²) in [5.41, 5.74) is 0.318. The van der Waals surface area contributed by atoms with Gasteiger partial charge in [0.1, 0.15) is 0 Å². The van der Waals surface area contributed by atoms with Gasteiger partial charge < -0.3 is 4.57 Å². The molecule has 2 heterocycles. The lowest BCUT2D eigenvalue weighted by molar-refractivity contribution is 0.102. The molecule has 0 aromatic carbocycles. The van der Waals surface area contributed by atoms with Crippen molar-refractivity contribution in [2.24, 2.45) is 7.05 Å². The minimum absolute atomic E-state index is 0.199. The number of rotatable bonds is 3. The number of aryl methyl sites for hydroxylation is 2. The monoisotopic (exact) mass is 205 g/mol. The Kier molecular flexibility index (Phi) is 2.32. The maximum absolute atomic E-state index is 11.9. The zero-order valence-corrected chi connectivity index (χ0v) is 8.58. The van der Waals surface area contributed by atoms with Crippen LogP contribution in [0.4, 0.5) is 0 Å². The molecule has 6 nitrogen and oxygen atoms in total. The minimum atomic E-state index is -0.199. The first-order valence-electron chi connectivity index (χ1n) is 4.64. The Morgan fingerprint density at radius 3 is 2.93 bits per heavy atom. The lowest BCUT2D eigenvalue weighted by atomic mass is 10.3. The molecule has 0 saturated heterocycles. The molecule has 0 unspecified atom stereocenters. The van der Waals surface area contributed by atoms with Gasteiger partial charge in [-0.2, -0.15) is 0 Å². The van der Waals surface area contributed by atoms with E-state index in [0.717, 1.165) is 0 Å². The summed E-state index contributed by atoms with van der Waals surface area (Å²) in [6.07, 6.45) is 4.95. The third-order valence-electron chi connectivity index (χ3n) is 2.09. The molecular weight excluding hydrogens is 194 g/mol. The van der Waals surface area contributed by atoms with Gasteiger partial charge in [0.25, 0.3) is 0 Å². The third kappa shape index (κ3) is 1.65. The molecule has 0 aliphatic carbocycles. The van der Waals surface area contributed by atoms with Crippen molar-refractivity contribution in [2.45, 2.75) is 13.5 Å². The highest BCUT2D eigenvalue weighted by molar-refractivity contribution is 6.05. The number of nitrogens with zero attached hydrogens (tertiary/aromatic N) is 5. The van der Waals surface area contributed by atoms with E-state index >= 15 is 0 Å². The van der Waals surface area contributed by atoms with Crippen LogP contribution in [-0.4, -0.2) is 30.3 Å². The van der Waals surface area contributed by atoms with Crippen molar-refractivity contribution in [2.75, 3.05) is 0 Å². The van der Waals surface area contributed by atoms with E-state index in [1.807, 2.05) is 6.92 Å². The van der Waals surface area contributed by atoms with Crippen molar-refractivity contribution in [1.29, 1.82) is 0 Å². The first-order valence-corrected chi connectivity index (χ1v) is 4.64. The van der Waals surface area contributed by atoms with Crippen molar-refractivity contribution in [3.8, 4) is 0 Å². The van der Waals surface area contributed by atoms with E-state index in [1.165, 1.54) is 4.68 Å². The van der Waals surface area contributed by atoms with Crippen LogP contribution in [0.25, 0.3) is 0 Å². The SMILES string of the molecule is CCn1ccnc1C(=O)c1cn(C)nn1. The van der Waals surface area contributed by atoms with Crippen LogP contribution in [0.1, 0.15) is 23.2 Å². The molecule has 0 N–H and O–H groups in total. The summed E-state index contributed by atoms with van der Waals surface area (Å²) in [5, 5.41) is 7.47. The maximum Gasteiger partial charge on any atom is 0.250 e. The quantitative estimate of drug-likeness (QED) is 0.674. The molecule has 2 rings (SSSR count). The van der Waals surface area contributed by atoms with Gasteiger partial charge in [0.15, 0.2) is 11.5 Å². The van der Waals surface area contributed by atoms with Gasteiger partial charge in [0.2, 0.25) is 5.78 Å². The Balaban J connectivity index is 2.36. The highest BCUT2D eigenvalue weighted by atomic mass is 16.1. The van der Waals surface area contributed by atoms with Crippen LogP contribution in [0.5, 0.6) is 0 Å². The minimum Gasteiger partial charge on any atom is -0.328 e. The molecule has 0 bridgehead atoms. The topological polar surface area (TPSA) is 65.6 Å². The Morgan fingerprint density at radius 1 is 1.53 bits per heavy atom. The van der Waals surface area contributed by atoms with Gasteiger partial charge in [-0.05, 0) is 6.92 Å². The number of hydrogen-bond acceptors (Lipinski definition) is 4. The summed E-state index contributed by atoms with van der Waals surface area (Å²) in [7, 11) is 1.72. The summed E-state index contributed by atoms with van der Waals surface area (Å²) < 4.78 is 3.27. The van der Waals surface area contributed by atoms with E-state index in [4.69, 9.17) is 0 Å². The summed E-state index contributed by atoms with van der Waals surface area (Å²) in [6.45, 7) is 2.66. The molecule has 0 atom stereocenters. The van der Waals surface area contributed by atoms with Crippen LogP contribution in [-0.2, 0) is 13.6 Å². The fourth-order valence-electron chi connectivity index (χ4n) is 1.34. The Morgan fingerprint density at radius 2 is 2.33 bits per heavy atom. The van der Waals surface area contributed by atoms with Crippen molar-refractivity contribution in [1.82, 2.24) is 24.5 Å². The van der Waals surface area contributed by atoms with E-state index < -0.39 is 0 Å². The molecule has 6 heteroatoms. The lowest BCUT2D eigenvalue weighted by Gasteiger charge is -2.00. The summed E-state index contributed by atoms with van der Waals surface area (Å²) in [6, 6.07) is 0. The zero-order valence-electron chi connectivity index (χ0n) is 8.58. The Labute approximate surface area is 86.5 Å². The van der Waals surface area contributed by atoms with Crippen LogP contribution in [0.2, 0.25) is 0 Å². The van der Waals surface area contributed by atoms with Gasteiger partial charge >= 0.3 is 0 Å². The largest absolute Gasteiger partial charge is 0.328 e. The van der Waals surface area contributed by atoms with Crippen molar-refractivity contribution in [3.63, 3.8) is 0 Å². The molecule has 2 aromatic rings. The third-order valence-corrected chi connectivity index (χ3v) is 2.09. The average molecular weight is 205 g/mol.